The molecule has 25 heavy (non-hydrogen) atoms. The number of piperidine rings is 1. The smallest absolute Gasteiger partial charge is 0.410 e. The van der Waals surface area contributed by atoms with E-state index in [-0.39, 0.29) is 24.6 Å². The highest BCUT2D eigenvalue weighted by Gasteiger charge is 2.40. The number of nitrogens with zero attached hydrogens (tertiary/aromatic N) is 2. The van der Waals surface area contributed by atoms with Crippen LogP contribution in [-0.2, 0) is 16.1 Å². The first-order valence-electron chi connectivity index (χ1n) is 9.09. The van der Waals surface area contributed by atoms with Gasteiger partial charge in [0.05, 0.1) is 6.04 Å². The molecule has 2 fully saturated rings. The molecule has 6 nitrogen and oxygen atoms in total. The maximum absolute atomic E-state index is 12.5. The van der Waals surface area contributed by atoms with E-state index in [1.165, 1.54) is 0 Å². The molecule has 2 atom stereocenters. The number of amides is 2. The zero-order chi connectivity index (χ0) is 17.8. The van der Waals surface area contributed by atoms with Crippen LogP contribution >= 0.6 is 0 Å². The molecule has 0 spiro atoms. The highest BCUT2D eigenvalue weighted by Crippen LogP contribution is 2.32. The van der Waals surface area contributed by atoms with Crippen molar-refractivity contribution in [2.45, 2.75) is 57.3 Å². The van der Waals surface area contributed by atoms with Gasteiger partial charge in [0.1, 0.15) is 6.61 Å². The molecule has 0 unspecified atom stereocenters. The van der Waals surface area contributed by atoms with Crippen LogP contribution in [0.1, 0.15) is 38.2 Å². The Hall–Kier alpha value is -2.08. The van der Waals surface area contributed by atoms with E-state index in [9.17, 15) is 9.59 Å². The number of hydrogen-bond acceptors (Lipinski definition) is 4. The van der Waals surface area contributed by atoms with E-state index in [1.807, 2.05) is 35.2 Å². The normalized spacial score (nSPS) is 21.5. The van der Waals surface area contributed by atoms with Crippen LogP contribution in [0.25, 0.3) is 0 Å². The van der Waals surface area contributed by atoms with Gasteiger partial charge in [-0.15, -0.1) is 0 Å². The van der Waals surface area contributed by atoms with Crippen LogP contribution in [-0.4, -0.2) is 53.0 Å². The Morgan fingerprint density at radius 3 is 2.60 bits per heavy atom. The summed E-state index contributed by atoms with van der Waals surface area (Å²) in [6, 6.07) is 9.49. The van der Waals surface area contributed by atoms with Crippen molar-refractivity contribution in [3.8, 4) is 0 Å². The predicted molar refractivity (Wildman–Crippen MR) is 94.7 cm³/mol. The summed E-state index contributed by atoms with van der Waals surface area (Å²) in [5.74, 6) is -0.00740. The maximum atomic E-state index is 12.5. The third-order valence-electron chi connectivity index (χ3n) is 4.84. The van der Waals surface area contributed by atoms with Crippen molar-refractivity contribution in [2.75, 3.05) is 13.1 Å². The van der Waals surface area contributed by atoms with E-state index in [1.54, 1.807) is 11.8 Å². The van der Waals surface area contributed by atoms with Crippen molar-refractivity contribution in [3.05, 3.63) is 35.9 Å². The van der Waals surface area contributed by atoms with Gasteiger partial charge in [-0.25, -0.2) is 4.79 Å². The topological polar surface area (TPSA) is 75.9 Å². The fourth-order valence-electron chi connectivity index (χ4n) is 3.40. The van der Waals surface area contributed by atoms with Crippen molar-refractivity contribution in [1.82, 2.24) is 9.80 Å². The number of carbonyl (C=O) groups excluding carboxylic acids is 2. The average molecular weight is 345 g/mol. The number of nitrogens with two attached hydrogens (primary N) is 1. The summed E-state index contributed by atoms with van der Waals surface area (Å²) < 4.78 is 5.44. The van der Waals surface area contributed by atoms with Crippen LogP contribution in [0.4, 0.5) is 4.79 Å². The van der Waals surface area contributed by atoms with Crippen LogP contribution < -0.4 is 5.73 Å². The average Bonchev–Trinajstić information content (AvgIpc) is 3.46. The van der Waals surface area contributed by atoms with E-state index >= 15 is 0 Å². The van der Waals surface area contributed by atoms with Crippen LogP contribution in [0.3, 0.4) is 0 Å². The summed E-state index contributed by atoms with van der Waals surface area (Å²) >= 11 is 0. The first-order chi connectivity index (χ1) is 12.1. The number of hydrogen-bond donors (Lipinski definition) is 1. The summed E-state index contributed by atoms with van der Waals surface area (Å²) in [4.78, 5) is 28.5. The van der Waals surface area contributed by atoms with E-state index in [0.29, 0.717) is 19.1 Å². The molecule has 1 aromatic carbocycles. The lowest BCUT2D eigenvalue weighted by atomic mass is 10.0. The molecule has 136 valence electrons. The Bertz CT molecular complexity index is 601. The van der Waals surface area contributed by atoms with Crippen LogP contribution in [0.2, 0.25) is 0 Å². The van der Waals surface area contributed by atoms with Gasteiger partial charge in [-0.3, -0.25) is 4.79 Å². The Balaban J connectivity index is 1.58. The lowest BCUT2D eigenvalue weighted by Crippen LogP contribution is -2.55. The van der Waals surface area contributed by atoms with Gasteiger partial charge in [0.2, 0.25) is 5.91 Å². The van der Waals surface area contributed by atoms with Crippen LogP contribution in [0.5, 0.6) is 0 Å². The molecule has 2 aliphatic rings. The first kappa shape index (κ1) is 17.7. The van der Waals surface area contributed by atoms with Gasteiger partial charge in [-0.2, -0.15) is 0 Å². The highest BCUT2D eigenvalue weighted by molar-refractivity contribution is 5.82. The van der Waals surface area contributed by atoms with Crippen molar-refractivity contribution in [2.24, 2.45) is 5.73 Å². The quantitative estimate of drug-likeness (QED) is 0.887. The van der Waals surface area contributed by atoms with Crippen molar-refractivity contribution in [1.29, 1.82) is 0 Å². The van der Waals surface area contributed by atoms with Crippen molar-refractivity contribution in [3.63, 3.8) is 0 Å². The van der Waals surface area contributed by atoms with Gasteiger partial charge in [-0.1, -0.05) is 30.3 Å². The zero-order valence-electron chi connectivity index (χ0n) is 14.8. The van der Waals surface area contributed by atoms with E-state index in [2.05, 4.69) is 0 Å². The lowest BCUT2D eigenvalue weighted by Gasteiger charge is -2.39. The molecule has 2 N–H and O–H groups in total. The Morgan fingerprint density at radius 1 is 1.24 bits per heavy atom. The third kappa shape index (κ3) is 4.51. The molecule has 3 rings (SSSR count). The Labute approximate surface area is 148 Å². The maximum Gasteiger partial charge on any atom is 0.410 e. The molecule has 1 aliphatic heterocycles. The second-order valence-corrected chi connectivity index (χ2v) is 7.05. The second kappa shape index (κ2) is 7.87. The van der Waals surface area contributed by atoms with Crippen molar-refractivity contribution < 1.29 is 14.3 Å². The number of likely N-dealkylation sites (tertiary alicyclic amines) is 1. The largest absolute Gasteiger partial charge is 0.445 e. The van der Waals surface area contributed by atoms with Gasteiger partial charge in [-0.05, 0) is 38.2 Å². The van der Waals surface area contributed by atoms with Crippen molar-refractivity contribution >= 4 is 12.0 Å². The summed E-state index contributed by atoms with van der Waals surface area (Å²) in [6.07, 6.45) is 3.55. The molecule has 1 saturated carbocycles. The minimum absolute atomic E-state index is 0.00740. The molecule has 1 aliphatic carbocycles. The van der Waals surface area contributed by atoms with Gasteiger partial charge in [0, 0.05) is 25.2 Å². The van der Waals surface area contributed by atoms with Gasteiger partial charge >= 0.3 is 6.09 Å². The molecule has 2 amide bonds. The minimum atomic E-state index is -0.499. The van der Waals surface area contributed by atoms with E-state index in [4.69, 9.17) is 10.5 Å². The zero-order valence-corrected chi connectivity index (χ0v) is 14.8. The monoisotopic (exact) mass is 345 g/mol. The van der Waals surface area contributed by atoms with Crippen LogP contribution in [0.15, 0.2) is 30.3 Å². The standard InChI is InChI=1S/C19H27N3O3/c1-14(20)18(23)22(16-9-10-16)17-8-5-11-21(12-17)19(24)25-13-15-6-3-2-4-7-15/h2-4,6-7,14,16-17H,5,8-13,20H2,1H3/t14-,17+/m0/s1. The Morgan fingerprint density at radius 2 is 1.96 bits per heavy atom. The molecule has 1 heterocycles. The Kier molecular flexibility index (Phi) is 5.58. The first-order valence-corrected chi connectivity index (χ1v) is 9.09. The molecule has 0 radical (unpaired) electrons. The molecule has 1 saturated heterocycles. The number of carbonyl (C=O) groups is 2. The van der Waals surface area contributed by atoms with Crippen LogP contribution in [0, 0.1) is 0 Å². The molecular weight excluding hydrogens is 318 g/mol. The van der Waals surface area contributed by atoms with E-state index in [0.717, 1.165) is 31.2 Å². The molecule has 0 bridgehead atoms. The SMILES string of the molecule is C[C@H](N)C(=O)N(C1CC1)[C@@H]1CCCN(C(=O)OCc2ccccc2)C1. The second-order valence-electron chi connectivity index (χ2n) is 7.05. The lowest BCUT2D eigenvalue weighted by molar-refractivity contribution is -0.136. The van der Waals surface area contributed by atoms with Gasteiger partial charge in [0.15, 0.2) is 0 Å². The molecule has 1 aromatic rings. The molecule has 6 heteroatoms. The molecule has 0 aromatic heterocycles. The summed E-state index contributed by atoms with van der Waals surface area (Å²) in [5.41, 5.74) is 6.79. The third-order valence-corrected chi connectivity index (χ3v) is 4.84. The van der Waals surface area contributed by atoms with E-state index < -0.39 is 6.04 Å². The summed E-state index contributed by atoms with van der Waals surface area (Å²) in [6.45, 7) is 3.20. The molecular formula is C19H27N3O3. The number of benzene rings is 1. The highest BCUT2D eigenvalue weighted by atomic mass is 16.6. The van der Waals surface area contributed by atoms with Gasteiger partial charge < -0.3 is 20.3 Å². The minimum Gasteiger partial charge on any atom is -0.445 e. The fourth-order valence-corrected chi connectivity index (χ4v) is 3.40. The fraction of sp³-hybridized carbons (Fsp3) is 0.579. The number of ether oxygens (including phenoxy) is 1. The predicted octanol–water partition coefficient (Wildman–Crippen LogP) is 2.13. The summed E-state index contributed by atoms with van der Waals surface area (Å²) in [5, 5.41) is 0. The summed E-state index contributed by atoms with van der Waals surface area (Å²) in [7, 11) is 0. The number of rotatable bonds is 5. The van der Waals surface area contributed by atoms with Gasteiger partial charge in [0.25, 0.3) is 0 Å².